The Labute approximate surface area is 67.6 Å². The summed E-state index contributed by atoms with van der Waals surface area (Å²) in [5, 5.41) is 8.88. The van der Waals surface area contributed by atoms with E-state index < -0.39 is 5.97 Å². The van der Waals surface area contributed by atoms with Gasteiger partial charge in [0.15, 0.2) is 0 Å². The highest BCUT2D eigenvalue weighted by molar-refractivity contribution is 5.70. The maximum Gasteiger partial charge on any atom is 0.307 e. The van der Waals surface area contributed by atoms with E-state index >= 15 is 0 Å². The molecular formula is C9H16O2. The van der Waals surface area contributed by atoms with Crippen molar-refractivity contribution in [2.24, 2.45) is 17.8 Å². The van der Waals surface area contributed by atoms with Crippen LogP contribution in [0, 0.1) is 17.8 Å². The Balaban J connectivity index is 2.51. The van der Waals surface area contributed by atoms with Gasteiger partial charge in [0.05, 0.1) is 5.92 Å². The number of rotatable bonds is 3. The molecule has 64 valence electrons. The predicted molar refractivity (Wildman–Crippen MR) is 43.3 cm³/mol. The minimum Gasteiger partial charge on any atom is -0.481 e. The molecule has 1 saturated carbocycles. The molecule has 1 N–H and O–H groups in total. The zero-order valence-corrected chi connectivity index (χ0v) is 7.21. The van der Waals surface area contributed by atoms with Crippen LogP contribution in [0.3, 0.4) is 0 Å². The smallest absolute Gasteiger partial charge is 0.307 e. The van der Waals surface area contributed by atoms with Crippen LogP contribution in [0.25, 0.3) is 0 Å². The first-order valence-electron chi connectivity index (χ1n) is 4.35. The van der Waals surface area contributed by atoms with Gasteiger partial charge in [-0.1, -0.05) is 20.3 Å². The van der Waals surface area contributed by atoms with Gasteiger partial charge in [-0.2, -0.15) is 0 Å². The Bertz CT molecular complexity index is 148. The van der Waals surface area contributed by atoms with Gasteiger partial charge in [-0.15, -0.1) is 0 Å². The summed E-state index contributed by atoms with van der Waals surface area (Å²) >= 11 is 0. The molecule has 1 aliphatic carbocycles. The molecule has 11 heavy (non-hydrogen) atoms. The van der Waals surface area contributed by atoms with Crippen LogP contribution < -0.4 is 0 Å². The van der Waals surface area contributed by atoms with Crippen molar-refractivity contribution in [3.63, 3.8) is 0 Å². The molecule has 1 rings (SSSR count). The van der Waals surface area contributed by atoms with Gasteiger partial charge in [-0.05, 0) is 24.7 Å². The van der Waals surface area contributed by atoms with Gasteiger partial charge in [-0.25, -0.2) is 0 Å². The maximum atomic E-state index is 10.8. The molecule has 0 amide bonds. The fourth-order valence-corrected chi connectivity index (χ4v) is 1.83. The van der Waals surface area contributed by atoms with E-state index in [1.54, 1.807) is 0 Å². The van der Waals surface area contributed by atoms with E-state index in [9.17, 15) is 4.79 Å². The average Bonchev–Trinajstić information content (AvgIpc) is 1.75. The van der Waals surface area contributed by atoms with E-state index in [4.69, 9.17) is 5.11 Å². The number of carboxylic acids is 1. The third-order valence-corrected chi connectivity index (χ3v) is 2.66. The molecule has 0 aromatic heterocycles. The first-order chi connectivity index (χ1) is 5.13. The van der Waals surface area contributed by atoms with Gasteiger partial charge in [-0.3, -0.25) is 4.79 Å². The van der Waals surface area contributed by atoms with Crippen LogP contribution in [0.15, 0.2) is 0 Å². The van der Waals surface area contributed by atoms with Crippen molar-refractivity contribution in [3.8, 4) is 0 Å². The van der Waals surface area contributed by atoms with Crippen molar-refractivity contribution in [2.75, 3.05) is 0 Å². The molecule has 0 aromatic carbocycles. The number of carboxylic acid groups (broad SMARTS) is 1. The van der Waals surface area contributed by atoms with Crippen molar-refractivity contribution in [1.29, 1.82) is 0 Å². The lowest BCUT2D eigenvalue weighted by atomic mass is 9.71. The fourth-order valence-electron chi connectivity index (χ4n) is 1.83. The fraction of sp³-hybridized carbons (Fsp3) is 0.889. The second-order valence-corrected chi connectivity index (χ2v) is 3.80. The Morgan fingerprint density at radius 2 is 2.00 bits per heavy atom. The molecule has 0 radical (unpaired) electrons. The zero-order chi connectivity index (χ0) is 8.43. The van der Waals surface area contributed by atoms with E-state index in [0.29, 0.717) is 5.92 Å². The molecule has 2 nitrogen and oxygen atoms in total. The lowest BCUT2D eigenvalue weighted by molar-refractivity contribution is -0.147. The second kappa shape index (κ2) is 3.24. The van der Waals surface area contributed by atoms with E-state index in [1.807, 2.05) is 13.8 Å². The molecule has 0 aromatic rings. The monoisotopic (exact) mass is 156 g/mol. The van der Waals surface area contributed by atoms with Crippen molar-refractivity contribution in [3.05, 3.63) is 0 Å². The number of hydrogen-bond donors (Lipinski definition) is 1. The Morgan fingerprint density at radius 3 is 2.09 bits per heavy atom. The Hall–Kier alpha value is -0.530. The van der Waals surface area contributed by atoms with Crippen LogP contribution in [0.5, 0.6) is 0 Å². The number of hydrogen-bond acceptors (Lipinski definition) is 1. The minimum absolute atomic E-state index is 0.0938. The highest BCUT2D eigenvalue weighted by atomic mass is 16.4. The summed E-state index contributed by atoms with van der Waals surface area (Å²) in [6.45, 7) is 3.99. The molecule has 1 aliphatic rings. The lowest BCUT2D eigenvalue weighted by Crippen LogP contribution is -2.32. The Morgan fingerprint density at radius 1 is 1.45 bits per heavy atom. The molecule has 0 unspecified atom stereocenters. The molecule has 2 heteroatoms. The molecule has 0 heterocycles. The minimum atomic E-state index is -0.607. The number of aliphatic carboxylic acids is 1. The molecule has 1 fully saturated rings. The molecule has 0 saturated heterocycles. The van der Waals surface area contributed by atoms with Gasteiger partial charge in [0.1, 0.15) is 0 Å². The topological polar surface area (TPSA) is 37.3 Å². The lowest BCUT2D eigenvalue weighted by Gasteiger charge is -2.33. The molecular weight excluding hydrogens is 140 g/mol. The molecule has 0 spiro atoms. The van der Waals surface area contributed by atoms with Crippen molar-refractivity contribution in [1.82, 2.24) is 0 Å². The summed E-state index contributed by atoms with van der Waals surface area (Å²) in [5.41, 5.74) is 0. The van der Waals surface area contributed by atoms with Crippen LogP contribution in [-0.2, 0) is 4.79 Å². The predicted octanol–water partition coefficient (Wildman–Crippen LogP) is 2.14. The van der Waals surface area contributed by atoms with E-state index in [-0.39, 0.29) is 11.8 Å². The van der Waals surface area contributed by atoms with Gasteiger partial charge < -0.3 is 5.11 Å². The largest absolute Gasteiger partial charge is 0.481 e. The standard InChI is InChI=1S/C9H16O2/c1-6(2)8(9(10)11)7-4-3-5-7/h6-8H,3-5H2,1-2H3,(H,10,11)/t8-/m0/s1. The molecule has 0 aliphatic heterocycles. The van der Waals surface area contributed by atoms with Crippen LogP contribution in [0.2, 0.25) is 0 Å². The SMILES string of the molecule is CC(C)[C@H](C(=O)O)C1CCC1. The van der Waals surface area contributed by atoms with Crippen LogP contribution in [-0.4, -0.2) is 11.1 Å². The summed E-state index contributed by atoms with van der Waals surface area (Å²) in [5.74, 6) is 0.0544. The quantitative estimate of drug-likeness (QED) is 0.679. The van der Waals surface area contributed by atoms with Crippen LogP contribution in [0.1, 0.15) is 33.1 Å². The highest BCUT2D eigenvalue weighted by Crippen LogP contribution is 2.37. The van der Waals surface area contributed by atoms with E-state index in [0.717, 1.165) is 12.8 Å². The Kier molecular flexibility index (Phi) is 2.53. The highest BCUT2D eigenvalue weighted by Gasteiger charge is 2.34. The number of carbonyl (C=O) groups is 1. The second-order valence-electron chi connectivity index (χ2n) is 3.80. The van der Waals surface area contributed by atoms with E-state index in [2.05, 4.69) is 0 Å². The third-order valence-electron chi connectivity index (χ3n) is 2.66. The van der Waals surface area contributed by atoms with Crippen LogP contribution >= 0.6 is 0 Å². The van der Waals surface area contributed by atoms with Crippen molar-refractivity contribution >= 4 is 5.97 Å². The van der Waals surface area contributed by atoms with Gasteiger partial charge in [0.2, 0.25) is 0 Å². The molecule has 0 bridgehead atoms. The first-order valence-corrected chi connectivity index (χ1v) is 4.35. The summed E-state index contributed by atoms with van der Waals surface area (Å²) in [4.78, 5) is 10.8. The normalized spacial score (nSPS) is 21.4. The van der Waals surface area contributed by atoms with Crippen molar-refractivity contribution < 1.29 is 9.90 Å². The van der Waals surface area contributed by atoms with Crippen molar-refractivity contribution in [2.45, 2.75) is 33.1 Å². The summed E-state index contributed by atoms with van der Waals surface area (Å²) in [6.07, 6.45) is 3.46. The maximum absolute atomic E-state index is 10.8. The van der Waals surface area contributed by atoms with Gasteiger partial charge in [0, 0.05) is 0 Å². The average molecular weight is 156 g/mol. The van der Waals surface area contributed by atoms with Gasteiger partial charge in [0.25, 0.3) is 0 Å². The summed E-state index contributed by atoms with van der Waals surface area (Å²) in [6, 6.07) is 0. The zero-order valence-electron chi connectivity index (χ0n) is 7.21. The van der Waals surface area contributed by atoms with Crippen LogP contribution in [0.4, 0.5) is 0 Å². The third kappa shape index (κ3) is 1.73. The molecule has 1 atom stereocenters. The summed E-state index contributed by atoms with van der Waals surface area (Å²) in [7, 11) is 0. The summed E-state index contributed by atoms with van der Waals surface area (Å²) < 4.78 is 0. The van der Waals surface area contributed by atoms with E-state index in [1.165, 1.54) is 6.42 Å². The van der Waals surface area contributed by atoms with Gasteiger partial charge >= 0.3 is 5.97 Å². The first kappa shape index (κ1) is 8.57.